The van der Waals surface area contributed by atoms with Crippen LogP contribution in [0, 0.1) is 29.6 Å². The molecular weight excluding hydrogens is 1940 g/mol. The number of nitrogens with one attached hydrogen (secondary N) is 5. The van der Waals surface area contributed by atoms with Crippen molar-refractivity contribution in [2.24, 2.45) is 0 Å². The van der Waals surface area contributed by atoms with Gasteiger partial charge in [-0.2, -0.15) is 19.9 Å². The van der Waals surface area contributed by atoms with Crippen molar-refractivity contribution in [3.05, 3.63) is 341 Å². The van der Waals surface area contributed by atoms with Crippen LogP contribution in [-0.2, 0) is 20.9 Å². The van der Waals surface area contributed by atoms with Gasteiger partial charge in [-0.3, -0.25) is 34.6 Å². The Kier molecular flexibility index (Phi) is 34.3. The van der Waals surface area contributed by atoms with Crippen molar-refractivity contribution in [1.82, 2.24) is 59.1 Å². The maximum atomic E-state index is 14.0. The van der Waals surface area contributed by atoms with E-state index in [1.807, 2.05) is 72.8 Å². The van der Waals surface area contributed by atoms with Crippen molar-refractivity contribution >= 4 is 121 Å². The number of alkyl halides is 1. The lowest BCUT2D eigenvalue weighted by atomic mass is 10.2. The van der Waals surface area contributed by atoms with Crippen molar-refractivity contribution in [3.63, 3.8) is 0 Å². The average molecular weight is 2030 g/mol. The van der Waals surface area contributed by atoms with Crippen LogP contribution in [0.4, 0.5) is 49.0 Å². The van der Waals surface area contributed by atoms with Gasteiger partial charge >= 0.3 is 30.1 Å². The summed E-state index contributed by atoms with van der Waals surface area (Å²) in [5, 5.41) is 54.3. The van der Waals surface area contributed by atoms with Gasteiger partial charge < -0.3 is 69.2 Å². The molecular formula is C96H82Cl3FIN19O17. The molecule has 4 aromatic heterocycles. The van der Waals surface area contributed by atoms with Gasteiger partial charge in [-0.1, -0.05) is 89.9 Å². The highest BCUT2D eigenvalue weighted by Crippen LogP contribution is 2.35. The summed E-state index contributed by atoms with van der Waals surface area (Å²) in [5.41, 5.74) is 9.41. The molecule has 0 unspecified atom stereocenters. The zero-order valence-corrected chi connectivity index (χ0v) is 77.9. The highest BCUT2D eigenvalue weighted by molar-refractivity contribution is 14.1. The molecule has 16 rings (SSSR count). The normalized spacial score (nSPS) is 10.6. The molecule has 0 spiro atoms. The topological polar surface area (TPSA) is 421 Å². The van der Waals surface area contributed by atoms with Gasteiger partial charge in [0.1, 0.15) is 48.8 Å². The first-order chi connectivity index (χ1) is 66.4. The van der Waals surface area contributed by atoms with E-state index >= 15 is 0 Å². The van der Waals surface area contributed by atoms with E-state index in [1.54, 1.807) is 206 Å². The van der Waals surface area contributed by atoms with Gasteiger partial charge in [0.15, 0.2) is 23.3 Å². The fourth-order valence-corrected chi connectivity index (χ4v) is 13.4. The second-order valence-electron chi connectivity index (χ2n) is 28.6. The van der Waals surface area contributed by atoms with Crippen molar-refractivity contribution in [2.75, 3.05) is 102 Å². The third-order valence-corrected chi connectivity index (χ3v) is 21.1. The summed E-state index contributed by atoms with van der Waals surface area (Å²) < 4.78 is 69.7. The van der Waals surface area contributed by atoms with Crippen LogP contribution in [0.15, 0.2) is 285 Å². The number of carbonyl (C=O) groups is 4. The van der Waals surface area contributed by atoms with Gasteiger partial charge in [-0.15, -0.1) is 32.0 Å². The number of nitro groups is 2. The van der Waals surface area contributed by atoms with Gasteiger partial charge in [0, 0.05) is 110 Å². The van der Waals surface area contributed by atoms with Crippen LogP contribution in [0.5, 0.6) is 41.3 Å². The number of benzene rings is 12. The Morgan fingerprint density at radius 3 is 1.18 bits per heavy atom. The van der Waals surface area contributed by atoms with E-state index in [4.69, 9.17) is 77.4 Å². The first-order valence-corrected chi connectivity index (χ1v) is 43.5. The molecule has 698 valence electrons. The molecule has 36 nitrogen and oxygen atoms in total. The number of nitrogens with zero attached hydrogens (tertiary/aromatic N) is 14. The molecule has 0 saturated heterocycles. The Morgan fingerprint density at radius 1 is 0.380 bits per heavy atom. The quantitative estimate of drug-likeness (QED) is 0.00838. The molecule has 0 fully saturated rings. The Labute approximate surface area is 810 Å². The number of urea groups is 1. The summed E-state index contributed by atoms with van der Waals surface area (Å²) >= 11 is 20.0. The second-order valence-corrected chi connectivity index (χ2v) is 31.0. The first kappa shape index (κ1) is 98.2. The fraction of sp³-hybridized carbons (Fsp3) is 0.125. The lowest BCUT2D eigenvalue weighted by Crippen LogP contribution is -2.19. The van der Waals surface area contributed by atoms with E-state index in [9.17, 15) is 43.8 Å². The molecule has 5 N–H and O–H groups in total. The van der Waals surface area contributed by atoms with E-state index in [2.05, 4.69) is 89.5 Å². The zero-order valence-electron chi connectivity index (χ0n) is 73.5. The number of methoxy groups -OCH3 is 6. The third kappa shape index (κ3) is 27.0. The van der Waals surface area contributed by atoms with Crippen LogP contribution in [0.2, 0.25) is 10.0 Å². The zero-order chi connectivity index (χ0) is 96.9. The summed E-state index contributed by atoms with van der Waals surface area (Å²) in [6.07, 6.45) is 0. The number of hydrogen-bond acceptors (Lipinski definition) is 25. The minimum absolute atomic E-state index is 0.117. The van der Waals surface area contributed by atoms with Crippen molar-refractivity contribution < 1.29 is 76.0 Å². The van der Waals surface area contributed by atoms with Gasteiger partial charge in [-0.25, -0.2) is 27.9 Å². The molecule has 0 atom stereocenters. The minimum atomic E-state index is -0.545. The number of anilines is 5. The van der Waals surface area contributed by atoms with Gasteiger partial charge in [0.05, 0.1) is 84.3 Å². The number of halogens is 5. The summed E-state index contributed by atoms with van der Waals surface area (Å²) in [4.78, 5) is 87.8. The molecule has 0 saturated carbocycles. The lowest BCUT2D eigenvalue weighted by molar-refractivity contribution is -0.385. The number of carbonyl (C=O) groups excluding carboxylic acids is 4. The van der Waals surface area contributed by atoms with Crippen molar-refractivity contribution in [2.45, 2.75) is 6.61 Å². The summed E-state index contributed by atoms with van der Waals surface area (Å²) in [5.74, 6) is 2.32. The largest absolute Gasteiger partial charge is 0.497 e. The van der Waals surface area contributed by atoms with E-state index in [-0.39, 0.29) is 70.8 Å². The SMILES string of the molecule is COCCOc1nc(-c2ccc(Cl)c(Cl)c2)n(-c2ccc(NC(=O)CCl)cc2)n1.COCCOc1nc(-c2cccc(OC)c2)n(-c2ccc(NC(=O)c3cccc([N+](=O)[O-])c3)cc2)n1.COc1cccc(-c2nc(OC)nn2-c2ccc(NC(=O)c3cccc([N+](=O)[O-])c3)cc2)c1.COc1cccc(NC(=O)Nc2ccc(-n3nc(OCc4ccc(I)cc4)nc3-c3cccc(F)c3)cc2)c1. The van der Waals surface area contributed by atoms with Crippen LogP contribution in [0.25, 0.3) is 68.3 Å². The Bertz CT molecular complexity index is 6900. The number of ether oxygens (including phenoxy) is 9. The monoisotopic (exact) mass is 2020 g/mol. The van der Waals surface area contributed by atoms with Crippen molar-refractivity contribution in [3.8, 4) is 110 Å². The molecule has 41 heteroatoms. The Hall–Kier alpha value is -16.3. The smallest absolute Gasteiger partial charge is 0.336 e. The highest BCUT2D eigenvalue weighted by Gasteiger charge is 2.24. The molecule has 16 aromatic rings. The predicted octanol–water partition coefficient (Wildman–Crippen LogP) is 19.6. The number of rotatable bonds is 33. The van der Waals surface area contributed by atoms with E-state index in [0.717, 1.165) is 20.3 Å². The minimum Gasteiger partial charge on any atom is -0.497 e. The van der Waals surface area contributed by atoms with Crippen LogP contribution < -0.4 is 59.7 Å². The molecule has 137 heavy (non-hydrogen) atoms. The summed E-state index contributed by atoms with van der Waals surface area (Å²) in [6, 6.07) is 80.5. The van der Waals surface area contributed by atoms with Gasteiger partial charge in [0.25, 0.3) is 23.2 Å². The van der Waals surface area contributed by atoms with Crippen LogP contribution in [-0.4, -0.2) is 168 Å². The van der Waals surface area contributed by atoms with E-state index in [1.165, 1.54) is 67.8 Å². The molecule has 4 heterocycles. The fourth-order valence-electron chi connectivity index (χ4n) is 12.7. The third-order valence-electron chi connectivity index (χ3n) is 19.4. The molecule has 0 aliphatic carbocycles. The lowest BCUT2D eigenvalue weighted by Gasteiger charge is -2.10. The standard InChI is InChI=1S/C29H23FIN5O3.C25H23N5O6.C23H19N5O5.C19H17Cl3N4O3/c1-38-26-7-3-6-24(17-26)33-28(37)32-23-12-14-25(15-13-23)36-27(20-4-2-5-21(30)16-20)34-29(35-36)39-18-19-8-10-22(31)11-9-19;1-34-13-14-36-25-27-23(17-5-4-8-22(16-17)35-2)29(28-25)20-11-9-19(10-12-20)26-24(31)18-6-3-7-21(15-18)30(32)33;1-32-20-8-4-5-15(14-20)21-25-23(33-2)26-27(21)18-11-9-17(10-12-18)24-22(29)16-6-3-7-19(13-16)28(30)31;1-28-8-9-29-19-24-18(12-2-7-15(21)16(22)10-12)26(25-19)14-5-3-13(4-6-14)23-17(27)11-20/h2-17H,18H2,1H3,(H2,32,33,37);3-12,15-16H,13-14H2,1-2H3,(H,26,31);3-14H,1-2H3,(H,24,29);2-7,10H,8-9,11H2,1H3,(H,23,27). The summed E-state index contributed by atoms with van der Waals surface area (Å²) in [7, 11) is 9.39. The van der Waals surface area contributed by atoms with Gasteiger partial charge in [0.2, 0.25) is 5.91 Å². The summed E-state index contributed by atoms with van der Waals surface area (Å²) in [6.45, 7) is 1.69. The number of non-ortho nitro benzene ring substituents is 2. The van der Waals surface area contributed by atoms with Crippen LogP contribution in [0.1, 0.15) is 26.3 Å². The Balaban J connectivity index is 0.000000155. The highest BCUT2D eigenvalue weighted by atomic mass is 127. The van der Waals surface area contributed by atoms with Gasteiger partial charge in [-0.05, 0) is 216 Å². The second kappa shape index (κ2) is 47.9. The molecule has 0 aliphatic rings. The number of amides is 5. The number of nitro benzene ring substituents is 2. The molecule has 0 bridgehead atoms. The van der Waals surface area contributed by atoms with Crippen LogP contribution >= 0.6 is 57.4 Å². The molecule has 0 radical (unpaired) electrons. The number of aromatic nitrogens is 12. The van der Waals surface area contributed by atoms with E-state index < -0.39 is 27.7 Å². The maximum absolute atomic E-state index is 14.0. The maximum Gasteiger partial charge on any atom is 0.336 e. The molecule has 0 aliphatic heterocycles. The van der Waals surface area contributed by atoms with E-state index in [0.29, 0.717) is 139 Å². The van der Waals surface area contributed by atoms with Crippen LogP contribution in [0.3, 0.4) is 0 Å². The molecule has 12 aromatic carbocycles. The van der Waals surface area contributed by atoms with Crippen molar-refractivity contribution in [1.29, 1.82) is 0 Å². The number of hydrogen-bond donors (Lipinski definition) is 5. The average Bonchev–Trinajstić information content (AvgIpc) is 1.67. The first-order valence-electron chi connectivity index (χ1n) is 41.1. The predicted molar refractivity (Wildman–Crippen MR) is 522 cm³/mol. The molecule has 5 amide bonds. The Morgan fingerprint density at radius 2 is 0.759 bits per heavy atom.